The van der Waals surface area contributed by atoms with Gasteiger partial charge >= 0.3 is 0 Å². The molecule has 3 atom stereocenters. The molecule has 4 aromatic rings. The number of benzene rings is 4. The summed E-state index contributed by atoms with van der Waals surface area (Å²) in [4.78, 5) is 44.9. The predicted molar refractivity (Wildman–Crippen MR) is 209 cm³/mol. The van der Waals surface area contributed by atoms with Crippen LogP contribution < -0.4 is 15.0 Å². The lowest BCUT2D eigenvalue weighted by atomic mass is 9.69. The molecular formula is C45H48N4O5. The van der Waals surface area contributed by atoms with Crippen LogP contribution >= 0.6 is 0 Å². The van der Waals surface area contributed by atoms with Gasteiger partial charge in [-0.15, -0.1) is 0 Å². The molecule has 2 N–H and O–H groups in total. The number of amides is 3. The standard InChI is InChI=1S/C45H48N4O5/c1-30-10-21-41(43(51)46-30)49-44(52)39-19-14-34(29-40(39)45(49)53)48-25-23-47(24-26-48)22-6-3-7-27-54-36-16-11-32(12-17-36)42-37(31-8-4-2-5-9-31)18-13-33-28-35(50)15-20-38(33)42/h2,4-5,8-9,11-12,14-17,19-20,28-29,37,41-42,50H,1,3,6-7,10,13,18,21-27H2,(H,46,51)/t37-,41?,42+/m1/s1. The number of piperazine rings is 1. The molecule has 0 radical (unpaired) electrons. The third-order valence-electron chi connectivity index (χ3n) is 11.7. The number of phenols is 1. The first-order valence-corrected chi connectivity index (χ1v) is 19.4. The molecule has 2 fully saturated rings. The van der Waals surface area contributed by atoms with Crippen LogP contribution in [-0.4, -0.2) is 78.0 Å². The van der Waals surface area contributed by atoms with Crippen molar-refractivity contribution < 1.29 is 24.2 Å². The van der Waals surface area contributed by atoms with Crippen molar-refractivity contribution in [3.05, 3.63) is 137 Å². The summed E-state index contributed by atoms with van der Waals surface area (Å²) >= 11 is 0. The Labute approximate surface area is 317 Å². The third-order valence-corrected chi connectivity index (χ3v) is 11.7. The van der Waals surface area contributed by atoms with Crippen LogP contribution in [0, 0.1) is 0 Å². The maximum absolute atomic E-state index is 13.3. The quantitative estimate of drug-likeness (QED) is 0.127. The van der Waals surface area contributed by atoms with Crippen molar-refractivity contribution in [2.24, 2.45) is 0 Å². The van der Waals surface area contributed by atoms with Crippen LogP contribution in [0.3, 0.4) is 0 Å². The molecule has 3 heterocycles. The van der Waals surface area contributed by atoms with E-state index >= 15 is 0 Å². The first-order chi connectivity index (χ1) is 26.3. The topological polar surface area (TPSA) is 102 Å². The van der Waals surface area contributed by atoms with Crippen LogP contribution in [0.4, 0.5) is 5.69 Å². The summed E-state index contributed by atoms with van der Waals surface area (Å²) in [5.41, 5.74) is 7.45. The monoisotopic (exact) mass is 724 g/mol. The number of anilines is 1. The zero-order chi connectivity index (χ0) is 37.2. The van der Waals surface area contributed by atoms with Crippen LogP contribution in [0.5, 0.6) is 11.5 Å². The molecule has 0 bridgehead atoms. The molecule has 3 amide bonds. The summed E-state index contributed by atoms with van der Waals surface area (Å²) < 4.78 is 6.17. The number of unbranched alkanes of at least 4 members (excludes halogenated alkanes) is 2. The van der Waals surface area contributed by atoms with Gasteiger partial charge in [-0.25, -0.2) is 0 Å². The van der Waals surface area contributed by atoms with E-state index in [1.807, 2.05) is 24.3 Å². The highest BCUT2D eigenvalue weighted by atomic mass is 16.5. The van der Waals surface area contributed by atoms with Crippen molar-refractivity contribution in [2.75, 3.05) is 44.2 Å². The number of carbonyl (C=O) groups is 3. The number of aromatic hydroxyl groups is 1. The summed E-state index contributed by atoms with van der Waals surface area (Å²) in [6.45, 7) is 9.08. The highest BCUT2D eigenvalue weighted by molar-refractivity contribution is 6.23. The number of nitrogens with one attached hydrogen (secondary N) is 1. The predicted octanol–water partition coefficient (Wildman–Crippen LogP) is 7.01. The zero-order valence-corrected chi connectivity index (χ0v) is 30.7. The Kier molecular flexibility index (Phi) is 10.2. The van der Waals surface area contributed by atoms with Crippen LogP contribution in [0.1, 0.15) is 93.3 Å². The van der Waals surface area contributed by atoms with Gasteiger partial charge in [0.2, 0.25) is 5.91 Å². The van der Waals surface area contributed by atoms with Crippen molar-refractivity contribution in [3.63, 3.8) is 0 Å². The van der Waals surface area contributed by atoms with Gasteiger partial charge in [-0.3, -0.25) is 24.2 Å². The van der Waals surface area contributed by atoms with Crippen molar-refractivity contribution in [3.8, 4) is 11.5 Å². The molecule has 2 saturated heterocycles. The molecule has 0 saturated carbocycles. The van der Waals surface area contributed by atoms with E-state index in [1.54, 1.807) is 6.07 Å². The Morgan fingerprint density at radius 2 is 1.54 bits per heavy atom. The minimum atomic E-state index is -0.801. The smallest absolute Gasteiger partial charge is 0.262 e. The SMILES string of the molecule is C=C1CCC(N2C(=O)c3ccc(N4CCN(CCCCCOc5ccc([C@@H]6c7ccc(O)cc7CC[C@@H]6c6ccccc6)cc5)CC4)cc3C2=O)C(=O)N1. The van der Waals surface area contributed by atoms with Gasteiger partial charge in [0.15, 0.2) is 0 Å². The second-order valence-electron chi connectivity index (χ2n) is 15.1. The normalized spacial score (nSPS) is 21.5. The van der Waals surface area contributed by atoms with Gasteiger partial charge in [0.05, 0.1) is 17.7 Å². The molecule has 4 aromatic carbocycles. The summed E-state index contributed by atoms with van der Waals surface area (Å²) in [6.07, 6.45) is 6.13. The van der Waals surface area contributed by atoms with Gasteiger partial charge in [-0.1, -0.05) is 55.1 Å². The Balaban J connectivity index is 0.783. The number of carbonyl (C=O) groups excluding carboxylic acids is 3. The lowest BCUT2D eigenvalue weighted by Gasteiger charge is -2.36. The zero-order valence-electron chi connectivity index (χ0n) is 30.7. The number of allylic oxidation sites excluding steroid dienone is 1. The van der Waals surface area contributed by atoms with Gasteiger partial charge in [0, 0.05) is 43.5 Å². The van der Waals surface area contributed by atoms with Gasteiger partial charge in [0.25, 0.3) is 11.8 Å². The van der Waals surface area contributed by atoms with Gasteiger partial charge in [0.1, 0.15) is 17.5 Å². The van der Waals surface area contributed by atoms with E-state index < -0.39 is 17.9 Å². The number of aryl methyl sites for hydroxylation is 1. The molecule has 1 aliphatic carbocycles. The lowest BCUT2D eigenvalue weighted by molar-refractivity contribution is -0.125. The van der Waals surface area contributed by atoms with Crippen molar-refractivity contribution in [2.45, 2.75) is 62.8 Å². The number of ether oxygens (including phenoxy) is 1. The minimum absolute atomic E-state index is 0.223. The molecule has 4 aliphatic rings. The maximum Gasteiger partial charge on any atom is 0.262 e. The number of imide groups is 1. The van der Waals surface area contributed by atoms with Crippen molar-refractivity contribution in [1.29, 1.82) is 0 Å². The Morgan fingerprint density at radius 1 is 0.759 bits per heavy atom. The molecule has 278 valence electrons. The Hall–Kier alpha value is -5.41. The van der Waals surface area contributed by atoms with Crippen molar-refractivity contribution in [1.82, 2.24) is 15.1 Å². The average molecular weight is 725 g/mol. The van der Waals surface area contributed by atoms with Gasteiger partial charge < -0.3 is 20.1 Å². The van der Waals surface area contributed by atoms with E-state index in [-0.39, 0.29) is 11.8 Å². The first kappa shape index (κ1) is 35.6. The molecule has 9 heteroatoms. The maximum atomic E-state index is 13.3. The second-order valence-corrected chi connectivity index (χ2v) is 15.1. The minimum Gasteiger partial charge on any atom is -0.508 e. The number of piperidine rings is 1. The fraction of sp³-hybridized carbons (Fsp3) is 0.356. The molecular weight excluding hydrogens is 677 g/mol. The van der Waals surface area contributed by atoms with E-state index in [1.165, 1.54) is 22.3 Å². The van der Waals surface area contributed by atoms with Crippen LogP contribution in [0.15, 0.2) is 103 Å². The first-order valence-electron chi connectivity index (χ1n) is 19.4. The van der Waals surface area contributed by atoms with Crippen LogP contribution in [-0.2, 0) is 11.2 Å². The van der Waals surface area contributed by atoms with E-state index in [0.717, 1.165) is 81.2 Å². The fourth-order valence-electron chi connectivity index (χ4n) is 8.82. The molecule has 9 nitrogen and oxygen atoms in total. The highest BCUT2D eigenvalue weighted by Gasteiger charge is 2.44. The number of rotatable bonds is 11. The summed E-state index contributed by atoms with van der Waals surface area (Å²) in [5.74, 6) is 0.679. The van der Waals surface area contributed by atoms with E-state index in [4.69, 9.17) is 4.74 Å². The molecule has 1 unspecified atom stereocenters. The molecule has 8 rings (SSSR count). The third kappa shape index (κ3) is 7.25. The second kappa shape index (κ2) is 15.5. The molecule has 54 heavy (non-hydrogen) atoms. The van der Waals surface area contributed by atoms with Crippen LogP contribution in [0.25, 0.3) is 0 Å². The van der Waals surface area contributed by atoms with Crippen LogP contribution in [0.2, 0.25) is 0 Å². The molecule has 0 aromatic heterocycles. The Morgan fingerprint density at radius 3 is 2.31 bits per heavy atom. The average Bonchev–Trinajstić information content (AvgIpc) is 3.44. The number of phenolic OH excluding ortho intramolecular Hbond substituents is 1. The largest absolute Gasteiger partial charge is 0.508 e. The van der Waals surface area contributed by atoms with E-state index in [0.29, 0.717) is 47.9 Å². The highest BCUT2D eigenvalue weighted by Crippen LogP contribution is 2.47. The fourth-order valence-corrected chi connectivity index (χ4v) is 8.82. The number of nitrogens with zero attached hydrogens (tertiary/aromatic N) is 3. The number of hydrogen-bond donors (Lipinski definition) is 2. The Bertz CT molecular complexity index is 2040. The van der Waals surface area contributed by atoms with Gasteiger partial charge in [-0.2, -0.15) is 0 Å². The van der Waals surface area contributed by atoms with Gasteiger partial charge in [-0.05, 0) is 122 Å². The molecule has 0 spiro atoms. The summed E-state index contributed by atoms with van der Waals surface area (Å²) in [7, 11) is 0. The van der Waals surface area contributed by atoms with Crippen molar-refractivity contribution >= 4 is 23.4 Å². The van der Waals surface area contributed by atoms with E-state index in [9.17, 15) is 19.5 Å². The lowest BCUT2D eigenvalue weighted by Crippen LogP contribution is -2.51. The number of hydrogen-bond acceptors (Lipinski definition) is 7. The van der Waals surface area contributed by atoms with E-state index in [2.05, 4.69) is 82.4 Å². The summed E-state index contributed by atoms with van der Waals surface area (Å²) in [6, 6.07) is 29.9. The molecule has 3 aliphatic heterocycles. The number of fused-ring (bicyclic) bond motifs is 2. The summed E-state index contributed by atoms with van der Waals surface area (Å²) in [5, 5.41) is 12.8.